The molecule has 0 aromatic rings. The lowest BCUT2D eigenvalue weighted by atomic mass is 10.2. The van der Waals surface area contributed by atoms with Crippen molar-refractivity contribution >= 4 is 24.7 Å². The zero-order chi connectivity index (χ0) is 8.15. The number of aliphatic carboxylic acids is 1. The van der Waals surface area contributed by atoms with Gasteiger partial charge in [0.05, 0.1) is 6.42 Å². The smallest absolute Gasteiger partial charge is 0.306 e. The van der Waals surface area contributed by atoms with Crippen molar-refractivity contribution < 1.29 is 19.8 Å². The Balaban J connectivity index is 3.72. The molecule has 0 saturated heterocycles. The summed E-state index contributed by atoms with van der Waals surface area (Å²) in [6, 6.07) is 0. The lowest BCUT2D eigenvalue weighted by Crippen LogP contribution is -2.30. The topological polar surface area (TPSA) is 86.6 Å². The van der Waals surface area contributed by atoms with Gasteiger partial charge in [0.15, 0.2) is 0 Å². The number of carboxylic acid groups (broad SMARTS) is 1. The zero-order valence-electron chi connectivity index (χ0n) is 4.94. The van der Waals surface area contributed by atoms with Gasteiger partial charge in [-0.05, 0) is 0 Å². The van der Waals surface area contributed by atoms with E-state index in [1.165, 1.54) is 0 Å². The first-order valence-corrected chi connectivity index (χ1v) is 2.86. The van der Waals surface area contributed by atoms with Gasteiger partial charge in [-0.15, -0.1) is 0 Å². The summed E-state index contributed by atoms with van der Waals surface area (Å²) >= 11 is 3.32. The molecule has 0 rings (SSSR count). The quantitative estimate of drug-likeness (QED) is 0.395. The van der Waals surface area contributed by atoms with Gasteiger partial charge < -0.3 is 14.9 Å². The Morgan fingerprint density at radius 1 is 1.60 bits per heavy atom. The van der Waals surface area contributed by atoms with E-state index in [9.17, 15) is 9.59 Å². The van der Waals surface area contributed by atoms with Gasteiger partial charge in [-0.25, -0.2) is 0 Å². The highest BCUT2D eigenvalue weighted by Gasteiger charge is 2.16. The second kappa shape index (κ2) is 4.13. The highest BCUT2D eigenvalue weighted by atomic mass is 32.1. The third-order valence-corrected chi connectivity index (χ3v) is 1.00. The average molecular weight is 165 g/mol. The molecular weight excluding hydrogens is 158 g/mol. The number of carbonyl (C=O) groups is 2. The number of nitrogens with one attached hydrogen (secondary N) is 1. The lowest BCUT2D eigenvalue weighted by Gasteiger charge is -2.03. The summed E-state index contributed by atoms with van der Waals surface area (Å²) in [5.41, 5.74) is 0. The summed E-state index contributed by atoms with van der Waals surface area (Å²) in [5, 5.41) is 16.7. The molecule has 0 heterocycles. The minimum Gasteiger partial charge on any atom is -0.481 e. The van der Waals surface area contributed by atoms with E-state index in [0.29, 0.717) is 0 Å². The predicted molar refractivity (Wildman–Crippen MR) is 35.4 cm³/mol. The van der Waals surface area contributed by atoms with Crippen molar-refractivity contribution in [3.63, 3.8) is 0 Å². The van der Waals surface area contributed by atoms with E-state index in [2.05, 4.69) is 12.8 Å². The molecule has 6 heteroatoms. The number of hydrogen-bond acceptors (Lipinski definition) is 4. The minimum atomic E-state index is -1.52. The van der Waals surface area contributed by atoms with Crippen molar-refractivity contribution in [1.82, 2.24) is 4.72 Å². The summed E-state index contributed by atoms with van der Waals surface area (Å²) in [6.07, 6.45) is -2.12. The molecule has 0 saturated carbocycles. The summed E-state index contributed by atoms with van der Waals surface area (Å²) in [4.78, 5) is 20.2. The molecule has 0 fully saturated rings. The van der Waals surface area contributed by atoms with Crippen molar-refractivity contribution in [2.24, 2.45) is 0 Å². The molecule has 58 valence electrons. The highest BCUT2D eigenvalue weighted by molar-refractivity contribution is 7.78. The number of rotatable bonds is 3. The van der Waals surface area contributed by atoms with Crippen molar-refractivity contribution in [2.75, 3.05) is 0 Å². The predicted octanol–water partition coefficient (Wildman–Crippen LogP) is -1.22. The molecule has 0 aliphatic carbocycles. The van der Waals surface area contributed by atoms with Crippen molar-refractivity contribution in [3.8, 4) is 0 Å². The second-order valence-corrected chi connectivity index (χ2v) is 1.81. The molecule has 1 unspecified atom stereocenters. The maximum Gasteiger partial charge on any atom is 0.306 e. The van der Waals surface area contributed by atoms with Crippen LogP contribution >= 0.6 is 12.8 Å². The normalized spacial score (nSPS) is 12.2. The first-order valence-electron chi connectivity index (χ1n) is 2.41. The summed E-state index contributed by atoms with van der Waals surface area (Å²) in [7, 11) is 0. The first-order chi connectivity index (χ1) is 4.57. The number of aliphatic hydroxyl groups excluding tert-OH is 1. The van der Waals surface area contributed by atoms with Gasteiger partial charge in [0.25, 0.3) is 5.91 Å². The molecule has 1 amide bonds. The SMILES string of the molecule is O=C(O)CC(O)C(=O)NS. The summed E-state index contributed by atoms with van der Waals surface area (Å²) in [6.45, 7) is 0. The van der Waals surface area contributed by atoms with E-state index in [-0.39, 0.29) is 0 Å². The van der Waals surface area contributed by atoms with Gasteiger partial charge in [0.1, 0.15) is 6.10 Å². The fraction of sp³-hybridized carbons (Fsp3) is 0.500. The Hall–Kier alpha value is -0.750. The third-order valence-electron chi connectivity index (χ3n) is 0.781. The van der Waals surface area contributed by atoms with Crippen molar-refractivity contribution in [2.45, 2.75) is 12.5 Å². The monoisotopic (exact) mass is 165 g/mol. The first kappa shape index (κ1) is 9.25. The van der Waals surface area contributed by atoms with E-state index in [0.717, 1.165) is 0 Å². The van der Waals surface area contributed by atoms with E-state index in [1.54, 1.807) is 0 Å². The number of amides is 1. The Morgan fingerprint density at radius 2 is 2.10 bits per heavy atom. The van der Waals surface area contributed by atoms with Crippen LogP contribution in [0.2, 0.25) is 0 Å². The van der Waals surface area contributed by atoms with E-state index in [4.69, 9.17) is 10.2 Å². The Bertz CT molecular complexity index is 148. The van der Waals surface area contributed by atoms with Crippen molar-refractivity contribution in [1.29, 1.82) is 0 Å². The molecule has 3 N–H and O–H groups in total. The van der Waals surface area contributed by atoms with Crippen LogP contribution in [0.5, 0.6) is 0 Å². The largest absolute Gasteiger partial charge is 0.481 e. The Labute approximate surface area is 62.6 Å². The van der Waals surface area contributed by atoms with E-state index >= 15 is 0 Å². The number of hydrogen-bond donors (Lipinski definition) is 4. The molecule has 5 nitrogen and oxygen atoms in total. The molecule has 10 heavy (non-hydrogen) atoms. The molecule has 0 aromatic heterocycles. The van der Waals surface area contributed by atoms with Crippen LogP contribution < -0.4 is 4.72 Å². The zero-order valence-corrected chi connectivity index (χ0v) is 5.84. The number of carboxylic acids is 1. The Morgan fingerprint density at radius 3 is 2.40 bits per heavy atom. The average Bonchev–Trinajstić information content (AvgIpc) is 1.85. The molecular formula is C4H7NO4S. The lowest BCUT2D eigenvalue weighted by molar-refractivity contribution is -0.143. The van der Waals surface area contributed by atoms with Crippen LogP contribution in [0.15, 0.2) is 0 Å². The van der Waals surface area contributed by atoms with Gasteiger partial charge in [0.2, 0.25) is 0 Å². The third kappa shape index (κ3) is 3.31. The minimum absolute atomic E-state index is 0.605. The molecule has 0 aliphatic rings. The van der Waals surface area contributed by atoms with Crippen LogP contribution in [0.3, 0.4) is 0 Å². The molecule has 1 atom stereocenters. The standard InChI is InChI=1S/C4H7NO4S/c6-2(1-3(7)8)4(9)5-10/h2,6,10H,1H2,(H,5,9)(H,7,8). The van der Waals surface area contributed by atoms with Gasteiger partial charge in [0, 0.05) is 0 Å². The van der Waals surface area contributed by atoms with E-state index in [1.807, 2.05) is 4.72 Å². The van der Waals surface area contributed by atoms with Crippen molar-refractivity contribution in [3.05, 3.63) is 0 Å². The van der Waals surface area contributed by atoms with Gasteiger partial charge >= 0.3 is 5.97 Å². The van der Waals surface area contributed by atoms with Gasteiger partial charge in [-0.2, -0.15) is 0 Å². The van der Waals surface area contributed by atoms with Crippen LogP contribution in [0, 0.1) is 0 Å². The van der Waals surface area contributed by atoms with Crippen LogP contribution in [-0.2, 0) is 9.59 Å². The highest BCUT2D eigenvalue weighted by Crippen LogP contribution is 1.91. The molecule has 0 spiro atoms. The van der Waals surface area contributed by atoms with E-state index < -0.39 is 24.4 Å². The molecule has 0 radical (unpaired) electrons. The van der Waals surface area contributed by atoms with Crippen LogP contribution in [0.25, 0.3) is 0 Å². The number of carbonyl (C=O) groups excluding carboxylic acids is 1. The maximum absolute atomic E-state index is 10.3. The van der Waals surface area contributed by atoms with Crippen LogP contribution in [-0.4, -0.2) is 28.2 Å². The van der Waals surface area contributed by atoms with Gasteiger partial charge in [-0.1, -0.05) is 12.8 Å². The fourth-order valence-corrected chi connectivity index (χ4v) is 0.482. The second-order valence-electron chi connectivity index (χ2n) is 1.59. The summed E-state index contributed by atoms with van der Waals surface area (Å²) in [5.74, 6) is -2.05. The number of thiol groups is 1. The number of aliphatic hydroxyl groups is 1. The molecule has 0 bridgehead atoms. The summed E-state index contributed by atoms with van der Waals surface area (Å²) < 4.78 is 1.81. The maximum atomic E-state index is 10.3. The fourth-order valence-electron chi connectivity index (χ4n) is 0.333. The van der Waals surface area contributed by atoms with Crippen LogP contribution in [0.1, 0.15) is 6.42 Å². The Kier molecular flexibility index (Phi) is 3.82. The molecule has 0 aromatic carbocycles. The van der Waals surface area contributed by atoms with Gasteiger partial charge in [-0.3, -0.25) is 9.59 Å². The molecule has 0 aliphatic heterocycles. The van der Waals surface area contributed by atoms with Crippen LogP contribution in [0.4, 0.5) is 0 Å².